The van der Waals surface area contributed by atoms with Crippen LogP contribution in [0.2, 0.25) is 0 Å². The van der Waals surface area contributed by atoms with Gasteiger partial charge in [-0.05, 0) is 56.3 Å². The second-order valence-electron chi connectivity index (χ2n) is 11.9. The van der Waals surface area contributed by atoms with Gasteiger partial charge >= 0.3 is 6.09 Å². The van der Waals surface area contributed by atoms with Crippen molar-refractivity contribution in [2.24, 2.45) is 22.7 Å². The van der Waals surface area contributed by atoms with E-state index in [2.05, 4.69) is 17.9 Å². The molecule has 2 unspecified atom stereocenters. The lowest BCUT2D eigenvalue weighted by atomic mass is 9.44. The van der Waals surface area contributed by atoms with E-state index in [0.29, 0.717) is 12.2 Å². The molecule has 1 amide bonds. The third-order valence-electron chi connectivity index (χ3n) is 10.1. The average molecular weight is 570 g/mol. The first kappa shape index (κ1) is 28.7. The van der Waals surface area contributed by atoms with Crippen molar-refractivity contribution in [1.82, 2.24) is 5.32 Å². The van der Waals surface area contributed by atoms with Gasteiger partial charge in [-0.1, -0.05) is 26.3 Å². The second-order valence-corrected chi connectivity index (χ2v) is 12.4. The highest BCUT2D eigenvalue weighted by molar-refractivity contribution is 7.80. The Morgan fingerprint density at radius 2 is 2.03 bits per heavy atom. The Morgan fingerprint density at radius 1 is 1.28 bits per heavy atom. The van der Waals surface area contributed by atoms with E-state index in [1.807, 2.05) is 6.92 Å². The Balaban J connectivity index is 1.53. The number of allylic oxidation sites excluding steroid dienone is 4. The largest absolute Gasteiger partial charge is 0.441 e. The Labute approximate surface area is 232 Å². The number of Topliss-reactive ketones (excluding diaryl/α,β-unsaturated/α-hetero) is 1. The van der Waals surface area contributed by atoms with Crippen molar-refractivity contribution in [3.8, 4) is 0 Å². The first-order valence-corrected chi connectivity index (χ1v) is 14.4. The molecule has 0 aromatic heterocycles. The molecule has 11 heteroatoms. The van der Waals surface area contributed by atoms with Gasteiger partial charge in [-0.2, -0.15) is 12.6 Å². The number of aliphatic hydroxyl groups is 1. The molecule has 5 rings (SSSR count). The summed E-state index contributed by atoms with van der Waals surface area (Å²) < 4.78 is 51.0. The standard InChI is InChI=1S/C28H37F2NO7S/c1-4-5-23-37-22-12-16-17-11-19(29)18-10-15(32)6-7-25(18,2)27(17,30)20(33)13-26(16,3)28(22,38-23)21(34)14-36-24(35)31-8-9-39/h6-7,10,16-17,19-20,22-23,33,39H,4-5,8-9,11-14H2,1-3H3,(H,31,35)/t16?,17-,19-,20-,22+,23?,25-,26-,27-,28+/m0/s1. The Morgan fingerprint density at radius 3 is 2.72 bits per heavy atom. The number of alkyl carbamates (subject to hydrolysis) is 1. The highest BCUT2D eigenvalue weighted by atomic mass is 32.1. The fourth-order valence-corrected chi connectivity index (χ4v) is 8.45. The zero-order valence-corrected chi connectivity index (χ0v) is 23.3. The Bertz CT molecular complexity index is 1120. The Hall–Kier alpha value is -1.82. The smallest absolute Gasteiger partial charge is 0.407 e. The van der Waals surface area contributed by atoms with Gasteiger partial charge in [-0.25, -0.2) is 13.6 Å². The van der Waals surface area contributed by atoms with Gasteiger partial charge in [0.2, 0.25) is 5.78 Å². The van der Waals surface area contributed by atoms with Crippen molar-refractivity contribution in [2.45, 2.75) is 88.8 Å². The summed E-state index contributed by atoms with van der Waals surface area (Å²) in [5.74, 6) is -2.11. The molecule has 0 aromatic rings. The second kappa shape index (κ2) is 9.92. The molecule has 216 valence electrons. The number of carbonyl (C=O) groups is 3. The molecule has 0 radical (unpaired) electrons. The summed E-state index contributed by atoms with van der Waals surface area (Å²) in [6.07, 6.45) is -0.577. The number of hydrogen-bond donors (Lipinski definition) is 3. The predicted molar refractivity (Wildman–Crippen MR) is 140 cm³/mol. The third kappa shape index (κ3) is 3.89. The van der Waals surface area contributed by atoms with Gasteiger partial charge in [-0.3, -0.25) is 9.59 Å². The highest BCUT2D eigenvalue weighted by Gasteiger charge is 2.80. The maximum Gasteiger partial charge on any atom is 0.407 e. The highest BCUT2D eigenvalue weighted by Crippen LogP contribution is 2.72. The number of rotatable bonds is 7. The van der Waals surface area contributed by atoms with Crippen LogP contribution in [0.5, 0.6) is 0 Å². The number of alkyl halides is 2. The van der Waals surface area contributed by atoms with Gasteiger partial charge in [0, 0.05) is 29.0 Å². The number of carbonyl (C=O) groups excluding carboxylic acids is 3. The van der Waals surface area contributed by atoms with Gasteiger partial charge in [0.25, 0.3) is 0 Å². The minimum Gasteiger partial charge on any atom is -0.441 e. The molecule has 3 saturated carbocycles. The predicted octanol–water partition coefficient (Wildman–Crippen LogP) is 3.42. The molecule has 0 spiro atoms. The zero-order chi connectivity index (χ0) is 28.4. The van der Waals surface area contributed by atoms with Crippen molar-refractivity contribution >= 4 is 30.3 Å². The number of ketones is 2. The lowest BCUT2D eigenvalue weighted by Gasteiger charge is -2.63. The molecule has 5 aliphatic rings. The third-order valence-corrected chi connectivity index (χ3v) is 10.3. The lowest BCUT2D eigenvalue weighted by molar-refractivity contribution is -0.234. The molecule has 1 aliphatic heterocycles. The van der Waals surface area contributed by atoms with E-state index >= 15 is 8.78 Å². The molecule has 8 nitrogen and oxygen atoms in total. The molecule has 0 bridgehead atoms. The van der Waals surface area contributed by atoms with E-state index in [1.165, 1.54) is 19.1 Å². The first-order chi connectivity index (χ1) is 18.4. The number of halogens is 2. The van der Waals surface area contributed by atoms with E-state index in [1.54, 1.807) is 6.92 Å². The summed E-state index contributed by atoms with van der Waals surface area (Å²) in [6.45, 7) is 4.92. The lowest BCUT2D eigenvalue weighted by Crippen LogP contribution is -2.71. The Kier molecular flexibility index (Phi) is 7.30. The molecule has 1 heterocycles. The number of hydrogen-bond acceptors (Lipinski definition) is 8. The summed E-state index contributed by atoms with van der Waals surface area (Å²) in [5.41, 5.74) is -6.51. The number of fused-ring (bicyclic) bond motifs is 7. The van der Waals surface area contributed by atoms with Crippen LogP contribution < -0.4 is 5.32 Å². The number of ether oxygens (including phenoxy) is 3. The van der Waals surface area contributed by atoms with Crippen LogP contribution in [0.4, 0.5) is 13.6 Å². The fraction of sp³-hybridized carbons (Fsp3) is 0.750. The van der Waals surface area contributed by atoms with Crippen molar-refractivity contribution < 1.29 is 42.5 Å². The SMILES string of the molecule is CCCC1O[C@@H]2CC3[C@@H]4C[C@H](F)C5=CC(=O)C=C[C@]5(C)[C@@]4(F)[C@@H](O)C[C@]3(C)[C@]2(C(=O)COC(=O)NCCS)O1. The van der Waals surface area contributed by atoms with Crippen LogP contribution in [0, 0.1) is 22.7 Å². The maximum atomic E-state index is 17.4. The average Bonchev–Trinajstić information content (AvgIpc) is 3.37. The van der Waals surface area contributed by atoms with Crippen molar-refractivity contribution in [3.05, 3.63) is 23.8 Å². The van der Waals surface area contributed by atoms with Crippen LogP contribution in [-0.4, -0.2) is 77.6 Å². The molecule has 4 fully saturated rings. The van der Waals surface area contributed by atoms with Crippen molar-refractivity contribution in [3.63, 3.8) is 0 Å². The van der Waals surface area contributed by atoms with E-state index in [-0.39, 0.29) is 31.4 Å². The molecular weight excluding hydrogens is 532 g/mol. The van der Waals surface area contributed by atoms with Gasteiger partial charge < -0.3 is 24.6 Å². The van der Waals surface area contributed by atoms with Crippen LogP contribution in [-0.2, 0) is 23.8 Å². The van der Waals surface area contributed by atoms with Crippen LogP contribution in [0.25, 0.3) is 0 Å². The summed E-state index contributed by atoms with van der Waals surface area (Å²) in [7, 11) is 0. The molecule has 0 aromatic carbocycles. The van der Waals surface area contributed by atoms with Crippen LogP contribution in [0.1, 0.15) is 52.9 Å². The minimum absolute atomic E-state index is 0.0384. The van der Waals surface area contributed by atoms with E-state index in [0.717, 1.165) is 12.5 Å². The van der Waals surface area contributed by atoms with Crippen LogP contribution in [0.15, 0.2) is 23.8 Å². The van der Waals surface area contributed by atoms with Gasteiger partial charge in [0.05, 0.1) is 12.2 Å². The molecular formula is C28H37F2NO7S. The zero-order valence-electron chi connectivity index (χ0n) is 22.5. The molecule has 4 aliphatic carbocycles. The van der Waals surface area contributed by atoms with Crippen molar-refractivity contribution in [2.75, 3.05) is 18.9 Å². The molecule has 10 atom stereocenters. The van der Waals surface area contributed by atoms with Crippen LogP contribution >= 0.6 is 12.6 Å². The number of aliphatic hydroxyl groups excluding tert-OH is 1. The normalized spacial score (nSPS) is 46.0. The maximum absolute atomic E-state index is 17.4. The van der Waals surface area contributed by atoms with E-state index < -0.39 is 82.9 Å². The molecule has 39 heavy (non-hydrogen) atoms. The fourth-order valence-electron chi connectivity index (χ4n) is 8.33. The van der Waals surface area contributed by atoms with Crippen LogP contribution in [0.3, 0.4) is 0 Å². The molecule has 1 saturated heterocycles. The van der Waals surface area contributed by atoms with Gasteiger partial charge in [0.15, 0.2) is 29.9 Å². The van der Waals surface area contributed by atoms with E-state index in [4.69, 9.17) is 14.2 Å². The van der Waals surface area contributed by atoms with Gasteiger partial charge in [0.1, 0.15) is 6.17 Å². The van der Waals surface area contributed by atoms with Crippen molar-refractivity contribution in [1.29, 1.82) is 0 Å². The number of nitrogens with one attached hydrogen (secondary N) is 1. The monoisotopic (exact) mass is 569 g/mol. The number of thiol groups is 1. The molecule has 2 N–H and O–H groups in total. The quantitative estimate of drug-likeness (QED) is 0.403. The summed E-state index contributed by atoms with van der Waals surface area (Å²) in [4.78, 5) is 38.1. The topological polar surface area (TPSA) is 111 Å². The number of amides is 1. The van der Waals surface area contributed by atoms with E-state index in [9.17, 15) is 19.5 Å². The summed E-state index contributed by atoms with van der Waals surface area (Å²) in [6, 6.07) is 0. The van der Waals surface area contributed by atoms with Gasteiger partial charge in [-0.15, -0.1) is 0 Å². The summed E-state index contributed by atoms with van der Waals surface area (Å²) >= 11 is 4.03. The summed E-state index contributed by atoms with van der Waals surface area (Å²) in [5, 5.41) is 14.1. The minimum atomic E-state index is -2.28. The first-order valence-electron chi connectivity index (χ1n) is 13.7.